The van der Waals surface area contributed by atoms with Gasteiger partial charge in [0.1, 0.15) is 34.3 Å². The fourth-order valence-electron chi connectivity index (χ4n) is 5.42. The van der Waals surface area contributed by atoms with Gasteiger partial charge in [0.05, 0.1) is 10.9 Å². The van der Waals surface area contributed by atoms with Crippen molar-refractivity contribution in [1.29, 1.82) is 0 Å². The zero-order valence-corrected chi connectivity index (χ0v) is 23.5. The molecule has 0 aliphatic carbocycles. The molecule has 11 heteroatoms. The maximum absolute atomic E-state index is 16.4. The van der Waals surface area contributed by atoms with Crippen LogP contribution in [0, 0.1) is 24.4 Å². The minimum absolute atomic E-state index is 0.00743. The van der Waals surface area contributed by atoms with E-state index in [9.17, 15) is 14.0 Å². The number of nitrogens with one attached hydrogen (secondary N) is 2. The molecule has 218 valence electrons. The summed E-state index contributed by atoms with van der Waals surface area (Å²) in [5.74, 6) is -2.62. The van der Waals surface area contributed by atoms with E-state index in [1.165, 1.54) is 61.3 Å². The fourth-order valence-corrected chi connectivity index (χ4v) is 5.42. The number of likely N-dealkylation sites (N-methyl/N-ethyl adjacent to an activating group) is 1. The van der Waals surface area contributed by atoms with Gasteiger partial charge in [-0.05, 0) is 72.6 Å². The number of rotatable bonds is 6. The molecule has 2 amide bonds. The molecule has 0 atom stereocenters. The van der Waals surface area contributed by atoms with Crippen molar-refractivity contribution >= 4 is 22.8 Å². The highest BCUT2D eigenvalue weighted by atomic mass is 19.1. The fraction of sp³-hybridized carbons (Fsp3) is 0.188. The lowest BCUT2D eigenvalue weighted by molar-refractivity contribution is 0.0334. The molecule has 0 spiro atoms. The van der Waals surface area contributed by atoms with Crippen LogP contribution in [0.4, 0.5) is 13.2 Å². The Balaban J connectivity index is 1.48. The minimum Gasteiger partial charge on any atom is -0.455 e. The predicted molar refractivity (Wildman–Crippen MR) is 154 cm³/mol. The summed E-state index contributed by atoms with van der Waals surface area (Å²) in [6.07, 6.45) is 3.18. The Labute approximate surface area is 244 Å². The van der Waals surface area contributed by atoms with Crippen LogP contribution >= 0.6 is 0 Å². The van der Waals surface area contributed by atoms with Crippen LogP contribution in [0.5, 0.6) is 0 Å². The van der Waals surface area contributed by atoms with Gasteiger partial charge < -0.3 is 20.0 Å². The number of nitrogens with zero attached hydrogens (tertiary/aromatic N) is 3. The van der Waals surface area contributed by atoms with Gasteiger partial charge in [-0.2, -0.15) is 0 Å². The molecule has 1 saturated heterocycles. The average molecular weight is 586 g/mol. The second kappa shape index (κ2) is 10.7. The Morgan fingerprint density at radius 1 is 1.00 bits per heavy atom. The number of hydrogen-bond donors (Lipinski definition) is 2. The Hall–Kier alpha value is -5.03. The molecule has 43 heavy (non-hydrogen) atoms. The third kappa shape index (κ3) is 4.52. The van der Waals surface area contributed by atoms with E-state index >= 15 is 8.78 Å². The maximum Gasteiger partial charge on any atom is 0.255 e. The van der Waals surface area contributed by atoms with Crippen molar-refractivity contribution in [3.63, 3.8) is 0 Å². The lowest BCUT2D eigenvalue weighted by atomic mass is 9.88. The number of hydrogen-bond acceptors (Lipinski definition) is 6. The zero-order valence-electron chi connectivity index (χ0n) is 23.5. The summed E-state index contributed by atoms with van der Waals surface area (Å²) in [6.45, 7) is 2.30. The molecule has 8 nitrogen and oxygen atoms in total. The minimum atomic E-state index is -0.833. The lowest BCUT2D eigenvalue weighted by Crippen LogP contribution is -2.67. The second-order valence-electron chi connectivity index (χ2n) is 10.4. The van der Waals surface area contributed by atoms with Crippen LogP contribution in [0.25, 0.3) is 33.4 Å². The van der Waals surface area contributed by atoms with Crippen molar-refractivity contribution < 1.29 is 27.2 Å². The van der Waals surface area contributed by atoms with Crippen molar-refractivity contribution in [1.82, 2.24) is 25.5 Å². The third-order valence-electron chi connectivity index (χ3n) is 8.00. The van der Waals surface area contributed by atoms with Gasteiger partial charge in [0.15, 0.2) is 5.82 Å². The first-order chi connectivity index (χ1) is 20.7. The molecule has 3 aromatic carbocycles. The monoisotopic (exact) mass is 585 g/mol. The van der Waals surface area contributed by atoms with Crippen molar-refractivity contribution in [3.8, 4) is 22.5 Å². The molecule has 1 fully saturated rings. The van der Waals surface area contributed by atoms with Crippen molar-refractivity contribution in [3.05, 3.63) is 107 Å². The summed E-state index contributed by atoms with van der Waals surface area (Å²) < 4.78 is 51.3. The Morgan fingerprint density at radius 3 is 2.33 bits per heavy atom. The van der Waals surface area contributed by atoms with Crippen molar-refractivity contribution in [2.45, 2.75) is 12.5 Å². The number of furan rings is 1. The molecule has 2 N–H and O–H groups in total. The maximum atomic E-state index is 16.4. The van der Waals surface area contributed by atoms with Crippen LogP contribution in [0.1, 0.15) is 32.1 Å². The van der Waals surface area contributed by atoms with Crippen molar-refractivity contribution in [2.75, 3.05) is 27.2 Å². The second-order valence-corrected chi connectivity index (χ2v) is 10.4. The quantitative estimate of drug-likeness (QED) is 0.284. The van der Waals surface area contributed by atoms with Crippen LogP contribution < -0.4 is 10.6 Å². The first-order valence-electron chi connectivity index (χ1n) is 13.5. The number of amides is 2. The van der Waals surface area contributed by atoms with Gasteiger partial charge in [-0.3, -0.25) is 9.59 Å². The van der Waals surface area contributed by atoms with Gasteiger partial charge in [-0.15, -0.1) is 0 Å². The number of benzene rings is 3. The SMILES string of the molecule is CNC(=O)c1c(-c2ccc(F)cc2)oc2ccc(-c3cc(C(=O)N(C)C4(c5ncccn5)CNC4)cc(F)c3C)c(F)c12. The number of carbonyl (C=O) groups is 2. The van der Waals surface area contributed by atoms with Gasteiger partial charge in [0, 0.05) is 56.3 Å². The normalized spacial score (nSPS) is 13.9. The first-order valence-corrected chi connectivity index (χ1v) is 13.5. The average Bonchev–Trinajstić information content (AvgIpc) is 3.39. The summed E-state index contributed by atoms with van der Waals surface area (Å²) in [7, 11) is 3.00. The van der Waals surface area contributed by atoms with Crippen LogP contribution in [-0.4, -0.2) is 53.9 Å². The van der Waals surface area contributed by atoms with Gasteiger partial charge in [-0.1, -0.05) is 0 Å². The van der Waals surface area contributed by atoms with E-state index in [4.69, 9.17) is 4.42 Å². The van der Waals surface area contributed by atoms with Crippen LogP contribution in [0.15, 0.2) is 71.4 Å². The zero-order chi connectivity index (χ0) is 30.5. The topological polar surface area (TPSA) is 100 Å². The molecule has 1 aliphatic rings. The predicted octanol–water partition coefficient (Wildman–Crippen LogP) is 5.21. The number of carbonyl (C=O) groups excluding carboxylic acids is 2. The Morgan fingerprint density at radius 2 is 1.70 bits per heavy atom. The summed E-state index contributed by atoms with van der Waals surface area (Å²) >= 11 is 0. The Kier molecular flexibility index (Phi) is 6.97. The van der Waals surface area contributed by atoms with E-state index in [1.807, 2.05) is 0 Å². The molecule has 5 aromatic rings. The third-order valence-corrected chi connectivity index (χ3v) is 8.00. The van der Waals surface area contributed by atoms with Gasteiger partial charge in [0.2, 0.25) is 0 Å². The summed E-state index contributed by atoms with van der Waals surface area (Å²) in [6, 6.07) is 12.4. The van der Waals surface area contributed by atoms with Crippen LogP contribution in [-0.2, 0) is 5.54 Å². The molecule has 0 unspecified atom stereocenters. The summed E-state index contributed by atoms with van der Waals surface area (Å²) in [5.41, 5.74) is -0.232. The van der Waals surface area contributed by atoms with E-state index < -0.39 is 34.8 Å². The van der Waals surface area contributed by atoms with E-state index in [2.05, 4.69) is 20.6 Å². The van der Waals surface area contributed by atoms with Gasteiger partial charge in [-0.25, -0.2) is 23.1 Å². The molecule has 1 aliphatic heterocycles. The van der Waals surface area contributed by atoms with Crippen LogP contribution in [0.2, 0.25) is 0 Å². The van der Waals surface area contributed by atoms with E-state index in [1.54, 1.807) is 25.5 Å². The molecular weight excluding hydrogens is 559 g/mol. The van der Waals surface area contributed by atoms with E-state index in [0.717, 1.165) is 6.07 Å². The van der Waals surface area contributed by atoms with Gasteiger partial charge in [0.25, 0.3) is 11.8 Å². The molecular formula is C32H26F3N5O3. The van der Waals surface area contributed by atoms with E-state index in [0.29, 0.717) is 24.5 Å². The molecule has 2 aromatic heterocycles. The molecule has 0 radical (unpaired) electrons. The lowest BCUT2D eigenvalue weighted by Gasteiger charge is -2.47. The first kappa shape index (κ1) is 28.1. The molecule has 3 heterocycles. The van der Waals surface area contributed by atoms with Crippen LogP contribution in [0.3, 0.4) is 0 Å². The summed E-state index contributed by atoms with van der Waals surface area (Å²) in [5, 5.41) is 5.53. The number of aromatic nitrogens is 2. The molecule has 0 bridgehead atoms. The highest BCUT2D eigenvalue weighted by Crippen LogP contribution is 2.40. The largest absolute Gasteiger partial charge is 0.455 e. The Bertz CT molecular complexity index is 1890. The smallest absolute Gasteiger partial charge is 0.255 e. The molecule has 6 rings (SSSR count). The van der Waals surface area contributed by atoms with Gasteiger partial charge >= 0.3 is 0 Å². The standard InChI is InChI=1S/C32H26F3N5O3/c1-17-22(13-19(14-23(17)34)30(42)40(3)32(15-37-16-32)31-38-11-4-12-39-31)21-9-10-24-25(27(21)35)26(29(41)36-2)28(43-24)18-5-7-20(33)8-6-18/h4-14,37H,15-16H2,1-3H3,(H,36,41). The van der Waals surface area contributed by atoms with E-state index in [-0.39, 0.29) is 44.5 Å². The highest BCUT2D eigenvalue weighted by Gasteiger charge is 2.47. The highest BCUT2D eigenvalue weighted by molar-refractivity contribution is 6.12. The van der Waals surface area contributed by atoms with Crippen molar-refractivity contribution in [2.24, 2.45) is 0 Å². The molecule has 0 saturated carbocycles. The number of halogens is 3. The number of fused-ring (bicyclic) bond motifs is 1. The summed E-state index contributed by atoms with van der Waals surface area (Å²) in [4.78, 5) is 36.9.